The van der Waals surface area contributed by atoms with Crippen molar-refractivity contribution in [3.05, 3.63) is 62.1 Å². The number of nitrogens with zero attached hydrogens (tertiary/aromatic N) is 3. The first-order chi connectivity index (χ1) is 17.8. The third-order valence-electron chi connectivity index (χ3n) is 7.39. The molecule has 198 valence electrons. The number of likely N-dealkylation sites (tertiary alicyclic amines) is 1. The molecule has 4 heterocycles. The van der Waals surface area contributed by atoms with Crippen molar-refractivity contribution in [2.75, 3.05) is 26.2 Å². The molecule has 3 atom stereocenters. The Morgan fingerprint density at radius 1 is 1.14 bits per heavy atom. The van der Waals surface area contributed by atoms with E-state index in [1.54, 1.807) is 17.8 Å². The number of furan rings is 1. The SMILES string of the molecule is Cn1ncc(Cl)c1-c1cc(C(=O)N[C@@H]2CN[C@H](CCN3CCCC3)C[C@H]2c2ccc(Cl)c(Cl)c2)oc1Cl. The zero-order chi connectivity index (χ0) is 26.1. The lowest BCUT2D eigenvalue weighted by atomic mass is 9.81. The first-order valence-electron chi connectivity index (χ1n) is 12.5. The summed E-state index contributed by atoms with van der Waals surface area (Å²) in [7, 11) is 1.75. The number of carbonyl (C=O) groups excluding carboxylic acids is 1. The van der Waals surface area contributed by atoms with Crippen LogP contribution in [0.1, 0.15) is 47.7 Å². The molecule has 0 aliphatic carbocycles. The molecule has 11 heteroatoms. The van der Waals surface area contributed by atoms with Gasteiger partial charge in [-0.3, -0.25) is 9.48 Å². The Kier molecular flexibility index (Phi) is 8.39. The van der Waals surface area contributed by atoms with E-state index in [4.69, 9.17) is 50.8 Å². The van der Waals surface area contributed by atoms with Crippen molar-refractivity contribution in [2.24, 2.45) is 7.05 Å². The lowest BCUT2D eigenvalue weighted by Gasteiger charge is -2.38. The van der Waals surface area contributed by atoms with Gasteiger partial charge in [-0.1, -0.05) is 40.9 Å². The standard InChI is InChI=1S/C26H29Cl4N5O2/c1-34-24(21(29)13-32-34)18-12-23(37-25(18)30)26(36)33-22-14-31-16(6-9-35-7-2-3-8-35)11-17(22)15-4-5-19(27)20(28)10-15/h4-5,10,12-13,16-17,22,31H,2-3,6-9,11,14H2,1H3,(H,33,36)/t16-,17+,22-/m1/s1. The average molecular weight is 585 g/mol. The normalized spacial score (nSPS) is 22.5. The second kappa shape index (κ2) is 11.6. The van der Waals surface area contributed by atoms with E-state index in [0.29, 0.717) is 38.9 Å². The van der Waals surface area contributed by atoms with Crippen molar-refractivity contribution < 1.29 is 9.21 Å². The minimum atomic E-state index is -0.348. The van der Waals surface area contributed by atoms with Gasteiger partial charge in [0.2, 0.25) is 5.22 Å². The second-order valence-electron chi connectivity index (χ2n) is 9.80. The lowest BCUT2D eigenvalue weighted by molar-refractivity contribution is 0.0890. The van der Waals surface area contributed by atoms with Crippen LogP contribution in [0.4, 0.5) is 0 Å². The molecule has 37 heavy (non-hydrogen) atoms. The van der Waals surface area contributed by atoms with Crippen molar-refractivity contribution in [1.82, 2.24) is 25.3 Å². The summed E-state index contributed by atoms with van der Waals surface area (Å²) >= 11 is 25.2. The zero-order valence-corrected chi connectivity index (χ0v) is 23.5. The molecule has 5 rings (SSSR count). The third kappa shape index (κ3) is 5.97. The fourth-order valence-electron chi connectivity index (χ4n) is 5.41. The molecule has 0 radical (unpaired) electrons. The maximum Gasteiger partial charge on any atom is 0.287 e. The van der Waals surface area contributed by atoms with E-state index in [2.05, 4.69) is 20.6 Å². The summed E-state index contributed by atoms with van der Waals surface area (Å²) in [6.07, 6.45) is 6.01. The van der Waals surface area contributed by atoms with Crippen LogP contribution in [0.2, 0.25) is 20.3 Å². The minimum Gasteiger partial charge on any atom is -0.439 e. The molecular weight excluding hydrogens is 556 g/mol. The molecule has 0 unspecified atom stereocenters. The zero-order valence-electron chi connectivity index (χ0n) is 20.4. The molecule has 2 N–H and O–H groups in total. The Labute approximate surface area is 236 Å². The molecule has 0 spiro atoms. The number of amides is 1. The van der Waals surface area contributed by atoms with Crippen LogP contribution in [0.25, 0.3) is 11.3 Å². The van der Waals surface area contributed by atoms with Gasteiger partial charge in [-0.15, -0.1) is 0 Å². The Balaban J connectivity index is 1.33. The van der Waals surface area contributed by atoms with Gasteiger partial charge in [0.15, 0.2) is 5.76 Å². The Hall–Kier alpha value is -1.74. The van der Waals surface area contributed by atoms with Gasteiger partial charge < -0.3 is 20.0 Å². The van der Waals surface area contributed by atoms with Crippen molar-refractivity contribution in [2.45, 2.75) is 43.7 Å². The smallest absolute Gasteiger partial charge is 0.287 e. The van der Waals surface area contributed by atoms with E-state index < -0.39 is 0 Å². The molecule has 7 nitrogen and oxygen atoms in total. The van der Waals surface area contributed by atoms with E-state index in [1.165, 1.54) is 32.1 Å². The van der Waals surface area contributed by atoms with Crippen molar-refractivity contribution in [3.63, 3.8) is 0 Å². The summed E-state index contributed by atoms with van der Waals surface area (Å²) in [6, 6.07) is 7.47. The number of hydrogen-bond acceptors (Lipinski definition) is 5. The molecule has 2 saturated heterocycles. The van der Waals surface area contributed by atoms with Gasteiger partial charge in [0.25, 0.3) is 5.91 Å². The van der Waals surface area contributed by atoms with Crippen LogP contribution >= 0.6 is 46.4 Å². The highest BCUT2D eigenvalue weighted by Gasteiger charge is 2.34. The van der Waals surface area contributed by atoms with Crippen LogP contribution in [0.15, 0.2) is 34.9 Å². The molecule has 1 aromatic carbocycles. The topological polar surface area (TPSA) is 75.3 Å². The lowest BCUT2D eigenvalue weighted by Crippen LogP contribution is -2.54. The summed E-state index contributed by atoms with van der Waals surface area (Å²) in [6.45, 7) is 4.06. The van der Waals surface area contributed by atoms with Crippen LogP contribution in [0.3, 0.4) is 0 Å². The minimum absolute atomic E-state index is 0.0555. The number of rotatable bonds is 7. The van der Waals surface area contributed by atoms with Gasteiger partial charge >= 0.3 is 0 Å². The number of halogens is 4. The number of aryl methyl sites for hydroxylation is 1. The van der Waals surface area contributed by atoms with Gasteiger partial charge in [0.1, 0.15) is 0 Å². The van der Waals surface area contributed by atoms with Gasteiger partial charge in [-0.05, 0) is 74.6 Å². The molecule has 3 aromatic rings. The van der Waals surface area contributed by atoms with E-state index in [-0.39, 0.29) is 28.8 Å². The van der Waals surface area contributed by atoms with Crippen molar-refractivity contribution in [3.8, 4) is 11.3 Å². The predicted octanol–water partition coefficient (Wildman–Crippen LogP) is 6.02. The first kappa shape index (κ1) is 26.9. The molecule has 0 saturated carbocycles. The van der Waals surface area contributed by atoms with Gasteiger partial charge in [0, 0.05) is 37.7 Å². The van der Waals surface area contributed by atoms with Crippen LogP contribution in [-0.4, -0.2) is 58.9 Å². The fourth-order valence-corrected chi connectivity index (χ4v) is 6.21. The second-order valence-corrected chi connectivity index (χ2v) is 11.4. The van der Waals surface area contributed by atoms with Crippen LogP contribution in [-0.2, 0) is 7.05 Å². The molecule has 2 aliphatic rings. The maximum absolute atomic E-state index is 13.3. The number of hydrogen-bond donors (Lipinski definition) is 2. The maximum atomic E-state index is 13.3. The van der Waals surface area contributed by atoms with Gasteiger partial charge in [0.05, 0.1) is 32.5 Å². The van der Waals surface area contributed by atoms with Gasteiger partial charge in [-0.2, -0.15) is 5.10 Å². The highest BCUT2D eigenvalue weighted by molar-refractivity contribution is 6.42. The number of aromatic nitrogens is 2. The quantitative estimate of drug-likeness (QED) is 0.355. The summed E-state index contributed by atoms with van der Waals surface area (Å²) in [5.74, 6) is -0.180. The largest absolute Gasteiger partial charge is 0.439 e. The predicted molar refractivity (Wildman–Crippen MR) is 148 cm³/mol. The van der Waals surface area contributed by atoms with E-state index in [9.17, 15) is 4.79 Å². The summed E-state index contributed by atoms with van der Waals surface area (Å²) < 4.78 is 7.23. The number of carbonyl (C=O) groups is 1. The monoisotopic (exact) mass is 583 g/mol. The highest BCUT2D eigenvalue weighted by atomic mass is 35.5. The molecule has 2 aliphatic heterocycles. The van der Waals surface area contributed by atoms with Gasteiger partial charge in [-0.25, -0.2) is 0 Å². The number of benzene rings is 1. The molecule has 0 bridgehead atoms. The molecule has 2 fully saturated rings. The summed E-state index contributed by atoms with van der Waals surface area (Å²) in [5, 5.41) is 12.5. The molecule has 1 amide bonds. The highest BCUT2D eigenvalue weighted by Crippen LogP contribution is 2.36. The van der Waals surface area contributed by atoms with E-state index in [0.717, 1.165) is 24.9 Å². The molecule has 2 aromatic heterocycles. The Bertz CT molecular complexity index is 1250. The number of nitrogens with one attached hydrogen (secondary N) is 2. The molecular formula is C26H29Cl4N5O2. The Morgan fingerprint density at radius 2 is 1.92 bits per heavy atom. The van der Waals surface area contributed by atoms with Crippen molar-refractivity contribution in [1.29, 1.82) is 0 Å². The van der Waals surface area contributed by atoms with Crippen LogP contribution in [0.5, 0.6) is 0 Å². The number of piperidine rings is 1. The van der Waals surface area contributed by atoms with Crippen LogP contribution in [0, 0.1) is 0 Å². The van der Waals surface area contributed by atoms with E-state index >= 15 is 0 Å². The summed E-state index contributed by atoms with van der Waals surface area (Å²) in [4.78, 5) is 15.8. The average Bonchev–Trinajstić information content (AvgIpc) is 3.61. The Morgan fingerprint density at radius 3 is 2.62 bits per heavy atom. The van der Waals surface area contributed by atoms with E-state index in [1.807, 2.05) is 18.2 Å². The third-order valence-corrected chi connectivity index (χ3v) is 8.69. The van der Waals surface area contributed by atoms with Crippen molar-refractivity contribution >= 4 is 52.3 Å². The summed E-state index contributed by atoms with van der Waals surface area (Å²) in [5.41, 5.74) is 2.15. The van der Waals surface area contributed by atoms with Crippen LogP contribution < -0.4 is 10.6 Å². The first-order valence-corrected chi connectivity index (χ1v) is 14.0. The fraction of sp³-hybridized carbons (Fsp3) is 0.462.